The van der Waals surface area contributed by atoms with Crippen molar-refractivity contribution in [3.63, 3.8) is 0 Å². The fraction of sp³-hybridized carbons (Fsp3) is 0.286. The molecule has 0 amide bonds. The summed E-state index contributed by atoms with van der Waals surface area (Å²) < 4.78 is 48.9. The topological polar surface area (TPSA) is 155 Å². The van der Waals surface area contributed by atoms with Gasteiger partial charge in [-0.1, -0.05) is 0 Å². The predicted octanol–water partition coefficient (Wildman–Crippen LogP) is -1.09. The van der Waals surface area contributed by atoms with Crippen LogP contribution in [0.2, 0.25) is 0 Å². The Labute approximate surface area is 185 Å². The molecule has 0 saturated heterocycles. The van der Waals surface area contributed by atoms with Gasteiger partial charge in [0.2, 0.25) is 0 Å². The van der Waals surface area contributed by atoms with Gasteiger partial charge in [-0.3, -0.25) is 0 Å². The van der Waals surface area contributed by atoms with E-state index in [9.17, 15) is 13.4 Å². The molecule has 2 aromatic rings. The molecule has 1 aromatic heterocycles. The molecule has 1 unspecified atom stereocenters. The number of aromatic nitrogens is 2. The van der Waals surface area contributed by atoms with Crippen molar-refractivity contribution < 1.29 is 43.0 Å². The Morgan fingerprint density at radius 3 is 2.86 bits per heavy atom. The summed E-state index contributed by atoms with van der Waals surface area (Å²) in [5, 5.41) is 13.5. The van der Waals surface area contributed by atoms with Gasteiger partial charge < -0.3 is 0 Å². The number of rotatable bonds is 9. The number of anilines is 2. The summed E-state index contributed by atoms with van der Waals surface area (Å²) in [6, 6.07) is 4.27. The second-order valence-electron chi connectivity index (χ2n) is 5.45. The van der Waals surface area contributed by atoms with Gasteiger partial charge >= 0.3 is 186 Å². The maximum absolute atomic E-state index is 13.5. The first kappa shape index (κ1) is 23.4. The fourth-order valence-electron chi connectivity index (χ4n) is 1.82. The number of carbonyl (C=O) groups is 1. The Hall–Kier alpha value is -1.85. The zero-order valence-corrected chi connectivity index (χ0v) is 19.7. The van der Waals surface area contributed by atoms with Crippen LogP contribution in [0.25, 0.3) is 0 Å². The van der Waals surface area contributed by atoms with E-state index >= 15 is 0 Å². The van der Waals surface area contributed by atoms with Gasteiger partial charge in [-0.2, -0.15) is 0 Å². The second kappa shape index (κ2) is 10.8. The normalized spacial score (nSPS) is 13.7. The van der Waals surface area contributed by atoms with Crippen LogP contribution < -0.4 is 37.2 Å². The van der Waals surface area contributed by atoms with Crippen LogP contribution in [0.4, 0.5) is 15.9 Å². The summed E-state index contributed by atoms with van der Waals surface area (Å²) >= 11 is 1.76. The number of carbonyl (C=O) groups excluding carboxylic acids is 1. The average Bonchev–Trinajstić information content (AvgIpc) is 3.08. The van der Waals surface area contributed by atoms with Gasteiger partial charge in [-0.25, -0.2) is 0 Å². The second-order valence-corrected chi connectivity index (χ2v) is 9.60. The zero-order chi connectivity index (χ0) is 21.4. The summed E-state index contributed by atoms with van der Waals surface area (Å²) in [6.07, 6.45) is 1.27. The van der Waals surface area contributed by atoms with Gasteiger partial charge in [0.15, 0.2) is 0 Å². The minimum atomic E-state index is -2.82. The molecule has 1 heterocycles. The Balaban J connectivity index is 2.19. The third-order valence-corrected chi connectivity index (χ3v) is 5.81. The number of halogens is 3. The van der Waals surface area contributed by atoms with E-state index < -0.39 is 43.6 Å². The van der Waals surface area contributed by atoms with Crippen molar-refractivity contribution in [2.75, 3.05) is 30.0 Å². The molecule has 0 aliphatic heterocycles. The van der Waals surface area contributed by atoms with Gasteiger partial charge in [0, 0.05) is 0 Å². The van der Waals surface area contributed by atoms with E-state index in [0.717, 1.165) is 0 Å². The Morgan fingerprint density at radius 1 is 1.45 bits per heavy atom. The molecule has 0 radical (unpaired) electrons. The number of hydrogen-bond donors (Lipinski definition) is 4. The molecule has 0 bridgehead atoms. The molecule has 4 N–H and O–H groups in total. The first-order valence-electron chi connectivity index (χ1n) is 7.82. The standard InChI is InChI=1S/C14H17BrFIN7O4S/c1-8(25)27-17-22-14(21-9-3-4-11(16)10(15)7-9)12-13(24-28-23-12)19-5-6-20-29(2,18)26/h3-4,7H,5-6H2,1-2H3,(H,19,24)(H,21,22)(H2,18,20,26)/q-1. The quantitative estimate of drug-likeness (QED) is 0.122. The van der Waals surface area contributed by atoms with Crippen molar-refractivity contribution in [1.82, 2.24) is 15.0 Å². The summed E-state index contributed by atoms with van der Waals surface area (Å²) in [5.74, 6) is -0.458. The van der Waals surface area contributed by atoms with Gasteiger partial charge in [-0.05, 0) is 0 Å². The number of nitrogens with one attached hydrogen (secondary N) is 4. The minimum absolute atomic E-state index is 0.203. The van der Waals surface area contributed by atoms with Crippen molar-refractivity contribution in [2.24, 2.45) is 3.21 Å². The van der Waals surface area contributed by atoms with Crippen molar-refractivity contribution >= 4 is 49.2 Å². The SMILES string of the molecule is CC(=O)O[I-]N=C(Nc1ccc(F)c(Br)c1)c1nonc1NCCNS(C)(=N)=O. The molecule has 11 nitrogen and oxygen atoms in total. The maximum atomic E-state index is 13.5. The molecule has 29 heavy (non-hydrogen) atoms. The van der Waals surface area contributed by atoms with Crippen LogP contribution in [0.3, 0.4) is 0 Å². The molecule has 15 heteroatoms. The van der Waals surface area contributed by atoms with E-state index in [2.05, 4.69) is 44.8 Å². The van der Waals surface area contributed by atoms with E-state index in [1.54, 1.807) is 0 Å². The van der Waals surface area contributed by atoms with E-state index in [1.165, 1.54) is 31.4 Å². The third kappa shape index (κ3) is 8.19. The van der Waals surface area contributed by atoms with Crippen LogP contribution in [-0.2, 0) is 17.8 Å². The zero-order valence-electron chi connectivity index (χ0n) is 15.2. The van der Waals surface area contributed by atoms with Crippen molar-refractivity contribution in [1.29, 1.82) is 4.78 Å². The number of amidine groups is 1. The molecule has 2 rings (SSSR count). The van der Waals surface area contributed by atoms with Crippen LogP contribution in [0.5, 0.6) is 0 Å². The Bertz CT molecular complexity index is 1000. The van der Waals surface area contributed by atoms with Crippen molar-refractivity contribution in [3.8, 4) is 0 Å². The molecule has 0 saturated carbocycles. The molecule has 0 fully saturated rings. The summed E-state index contributed by atoms with van der Waals surface area (Å²) in [7, 11) is -2.82. The van der Waals surface area contributed by atoms with Crippen LogP contribution in [0.15, 0.2) is 30.5 Å². The summed E-state index contributed by atoms with van der Waals surface area (Å²) in [6.45, 7) is 1.78. The van der Waals surface area contributed by atoms with Crippen LogP contribution in [-0.4, -0.2) is 45.7 Å². The molecule has 1 atom stereocenters. The van der Waals surface area contributed by atoms with Crippen molar-refractivity contribution in [3.05, 3.63) is 34.2 Å². The molecule has 0 aliphatic rings. The first-order chi connectivity index (χ1) is 13.7. The van der Waals surface area contributed by atoms with Gasteiger partial charge in [0.25, 0.3) is 0 Å². The third-order valence-electron chi connectivity index (χ3n) is 2.95. The van der Waals surface area contributed by atoms with E-state index in [4.69, 9.17) is 12.5 Å². The predicted molar refractivity (Wildman–Crippen MR) is 104 cm³/mol. The first-order valence-corrected chi connectivity index (χ1v) is 12.4. The van der Waals surface area contributed by atoms with Crippen LogP contribution in [0.1, 0.15) is 12.6 Å². The van der Waals surface area contributed by atoms with Gasteiger partial charge in [0.1, 0.15) is 0 Å². The summed E-state index contributed by atoms with van der Waals surface area (Å²) in [5.41, 5.74) is 0.708. The average molecular weight is 605 g/mol. The number of benzene rings is 1. The molecule has 160 valence electrons. The monoisotopic (exact) mass is 604 g/mol. The van der Waals surface area contributed by atoms with Crippen LogP contribution >= 0.6 is 15.9 Å². The van der Waals surface area contributed by atoms with Gasteiger partial charge in [-0.15, -0.1) is 0 Å². The van der Waals surface area contributed by atoms with E-state index in [1.807, 2.05) is 0 Å². The Kier molecular flexibility index (Phi) is 8.72. The van der Waals surface area contributed by atoms with E-state index in [-0.39, 0.29) is 34.9 Å². The Morgan fingerprint density at radius 2 is 2.21 bits per heavy atom. The van der Waals surface area contributed by atoms with Gasteiger partial charge in [0.05, 0.1) is 0 Å². The molecular formula is C14H17BrFIN7O4S-. The summed E-state index contributed by atoms with van der Waals surface area (Å²) in [4.78, 5) is 11.0. The van der Waals surface area contributed by atoms with Crippen molar-refractivity contribution in [2.45, 2.75) is 6.92 Å². The number of hydrogen-bond acceptors (Lipinski definition) is 9. The van der Waals surface area contributed by atoms with Crippen LogP contribution in [0, 0.1) is 10.6 Å². The van der Waals surface area contributed by atoms with E-state index in [0.29, 0.717) is 5.69 Å². The molecule has 1 aromatic carbocycles. The molecule has 0 aliphatic carbocycles. The fourth-order valence-corrected chi connectivity index (χ4v) is 3.61. The molecule has 0 spiro atoms. The number of nitrogens with zero attached hydrogens (tertiary/aromatic N) is 3. The molecular weight excluding hydrogens is 588 g/mol.